The molecule has 1 aliphatic heterocycles. The standard InChI is InChI=1S/C15H17BrN2O2/c1-10-6-12(17-9-11(10)16)18-13(19)7-15(8-14(18)20)4-2-3-5-15/h6,9H,2-5,7-8H2,1H3. The predicted molar refractivity (Wildman–Crippen MR) is 79.3 cm³/mol. The second kappa shape index (κ2) is 4.95. The van der Waals surface area contributed by atoms with E-state index in [0.29, 0.717) is 18.7 Å². The summed E-state index contributed by atoms with van der Waals surface area (Å²) < 4.78 is 0.880. The summed E-state index contributed by atoms with van der Waals surface area (Å²) in [6.45, 7) is 1.92. The van der Waals surface area contributed by atoms with Gasteiger partial charge in [0.05, 0.1) is 0 Å². The molecular weight excluding hydrogens is 320 g/mol. The summed E-state index contributed by atoms with van der Waals surface area (Å²) in [5.41, 5.74) is 0.909. The third-order valence-electron chi connectivity index (χ3n) is 4.48. The van der Waals surface area contributed by atoms with E-state index in [9.17, 15) is 9.59 Å². The number of imide groups is 1. The molecule has 2 heterocycles. The zero-order valence-corrected chi connectivity index (χ0v) is 13.1. The summed E-state index contributed by atoms with van der Waals surface area (Å²) in [6.07, 6.45) is 6.89. The minimum atomic E-state index is -0.0997. The van der Waals surface area contributed by atoms with Crippen LogP contribution in [0.3, 0.4) is 0 Å². The number of hydrogen-bond acceptors (Lipinski definition) is 3. The monoisotopic (exact) mass is 336 g/mol. The van der Waals surface area contributed by atoms with Crippen LogP contribution in [0.25, 0.3) is 0 Å². The summed E-state index contributed by atoms with van der Waals surface area (Å²) in [5, 5.41) is 0. The number of piperidine rings is 1. The molecule has 4 nitrogen and oxygen atoms in total. The highest BCUT2D eigenvalue weighted by atomic mass is 79.9. The van der Waals surface area contributed by atoms with Crippen LogP contribution in [0.15, 0.2) is 16.7 Å². The van der Waals surface area contributed by atoms with Gasteiger partial charge in [0, 0.05) is 23.5 Å². The van der Waals surface area contributed by atoms with Gasteiger partial charge in [-0.1, -0.05) is 12.8 Å². The summed E-state index contributed by atoms with van der Waals surface area (Å²) in [7, 11) is 0. The van der Waals surface area contributed by atoms with Crippen molar-refractivity contribution >= 4 is 33.6 Å². The SMILES string of the molecule is Cc1cc(N2C(=O)CC3(CCCC3)CC2=O)ncc1Br. The Labute approximate surface area is 126 Å². The number of carbonyl (C=O) groups is 2. The fourth-order valence-corrected chi connectivity index (χ4v) is 3.60. The molecule has 1 saturated heterocycles. The smallest absolute Gasteiger partial charge is 0.235 e. The highest BCUT2D eigenvalue weighted by Crippen LogP contribution is 2.47. The maximum absolute atomic E-state index is 12.4. The molecule has 2 aliphatic rings. The molecule has 5 heteroatoms. The molecule has 20 heavy (non-hydrogen) atoms. The zero-order chi connectivity index (χ0) is 14.3. The van der Waals surface area contributed by atoms with Crippen molar-refractivity contribution in [2.24, 2.45) is 5.41 Å². The van der Waals surface area contributed by atoms with Crippen molar-refractivity contribution < 1.29 is 9.59 Å². The van der Waals surface area contributed by atoms with Crippen molar-refractivity contribution in [3.8, 4) is 0 Å². The summed E-state index contributed by atoms with van der Waals surface area (Å²) in [6, 6.07) is 1.78. The Morgan fingerprint density at radius 1 is 1.20 bits per heavy atom. The largest absolute Gasteiger partial charge is 0.274 e. The minimum absolute atomic E-state index is 0.0604. The molecule has 0 N–H and O–H groups in total. The van der Waals surface area contributed by atoms with Gasteiger partial charge >= 0.3 is 0 Å². The van der Waals surface area contributed by atoms with E-state index in [4.69, 9.17) is 0 Å². The number of hydrogen-bond donors (Lipinski definition) is 0. The molecule has 0 bridgehead atoms. The first-order valence-corrected chi connectivity index (χ1v) is 7.78. The molecular formula is C15H17BrN2O2. The zero-order valence-electron chi connectivity index (χ0n) is 11.5. The Morgan fingerprint density at radius 2 is 1.80 bits per heavy atom. The van der Waals surface area contributed by atoms with Crippen molar-refractivity contribution in [3.05, 3.63) is 22.3 Å². The van der Waals surface area contributed by atoms with Crippen molar-refractivity contribution in [3.63, 3.8) is 0 Å². The van der Waals surface area contributed by atoms with Gasteiger partial charge in [0.2, 0.25) is 11.8 Å². The van der Waals surface area contributed by atoms with Gasteiger partial charge in [-0.2, -0.15) is 0 Å². The molecule has 3 rings (SSSR count). The highest BCUT2D eigenvalue weighted by Gasteiger charge is 2.45. The molecule has 1 aromatic rings. The Morgan fingerprint density at radius 3 is 2.35 bits per heavy atom. The van der Waals surface area contributed by atoms with E-state index in [-0.39, 0.29) is 17.2 Å². The second-order valence-electron chi connectivity index (χ2n) is 5.98. The molecule has 1 spiro atoms. The lowest BCUT2D eigenvalue weighted by molar-refractivity contribution is -0.133. The van der Waals surface area contributed by atoms with Gasteiger partial charge in [-0.05, 0) is 52.7 Å². The van der Waals surface area contributed by atoms with E-state index in [1.165, 1.54) is 4.90 Å². The van der Waals surface area contributed by atoms with Crippen LogP contribution in [0.2, 0.25) is 0 Å². The van der Waals surface area contributed by atoms with Crippen LogP contribution in [0, 0.1) is 12.3 Å². The maximum Gasteiger partial charge on any atom is 0.235 e. The number of anilines is 1. The maximum atomic E-state index is 12.4. The summed E-state index contributed by atoms with van der Waals surface area (Å²) in [5.74, 6) is 0.253. The first-order chi connectivity index (χ1) is 9.51. The number of carbonyl (C=O) groups excluding carboxylic acids is 2. The molecule has 1 aliphatic carbocycles. The molecule has 106 valence electrons. The van der Waals surface area contributed by atoms with Crippen LogP contribution in [-0.2, 0) is 9.59 Å². The molecule has 2 fully saturated rings. The molecule has 1 aromatic heterocycles. The third kappa shape index (κ3) is 2.28. The average Bonchev–Trinajstić information content (AvgIpc) is 2.80. The van der Waals surface area contributed by atoms with Gasteiger partial charge in [0.1, 0.15) is 5.82 Å². The minimum Gasteiger partial charge on any atom is -0.274 e. The topological polar surface area (TPSA) is 50.3 Å². The van der Waals surface area contributed by atoms with Crippen LogP contribution in [0.4, 0.5) is 5.82 Å². The first kappa shape index (κ1) is 13.7. The van der Waals surface area contributed by atoms with Gasteiger partial charge < -0.3 is 0 Å². The Kier molecular flexibility index (Phi) is 3.40. The summed E-state index contributed by atoms with van der Waals surface area (Å²) >= 11 is 3.38. The number of nitrogens with zero attached hydrogens (tertiary/aromatic N) is 2. The molecule has 2 amide bonds. The van der Waals surface area contributed by atoms with E-state index in [1.807, 2.05) is 6.92 Å². The fraction of sp³-hybridized carbons (Fsp3) is 0.533. The molecule has 0 aromatic carbocycles. The fourth-order valence-electron chi connectivity index (χ4n) is 3.38. The Balaban J connectivity index is 1.89. The molecule has 0 radical (unpaired) electrons. The van der Waals surface area contributed by atoms with Crippen LogP contribution < -0.4 is 4.90 Å². The van der Waals surface area contributed by atoms with Gasteiger partial charge in [0.15, 0.2) is 0 Å². The average molecular weight is 337 g/mol. The number of pyridine rings is 1. The normalized spacial score (nSPS) is 21.8. The van der Waals surface area contributed by atoms with Crippen LogP contribution in [-0.4, -0.2) is 16.8 Å². The van der Waals surface area contributed by atoms with E-state index in [1.54, 1.807) is 12.3 Å². The second-order valence-corrected chi connectivity index (χ2v) is 6.83. The van der Waals surface area contributed by atoms with Crippen molar-refractivity contribution in [2.75, 3.05) is 4.90 Å². The van der Waals surface area contributed by atoms with Crippen LogP contribution >= 0.6 is 15.9 Å². The van der Waals surface area contributed by atoms with Crippen molar-refractivity contribution in [1.29, 1.82) is 0 Å². The molecule has 0 atom stereocenters. The van der Waals surface area contributed by atoms with Gasteiger partial charge in [-0.25, -0.2) is 9.88 Å². The van der Waals surface area contributed by atoms with Crippen LogP contribution in [0.5, 0.6) is 0 Å². The molecule has 0 unspecified atom stereocenters. The number of halogens is 1. The van der Waals surface area contributed by atoms with E-state index < -0.39 is 0 Å². The highest BCUT2D eigenvalue weighted by molar-refractivity contribution is 9.10. The van der Waals surface area contributed by atoms with E-state index in [2.05, 4.69) is 20.9 Å². The lowest BCUT2D eigenvalue weighted by Gasteiger charge is -2.36. The Bertz CT molecular complexity index is 559. The van der Waals surface area contributed by atoms with Crippen molar-refractivity contribution in [1.82, 2.24) is 4.98 Å². The number of aryl methyl sites for hydroxylation is 1. The number of rotatable bonds is 1. The number of aromatic nitrogens is 1. The molecule has 1 saturated carbocycles. The van der Waals surface area contributed by atoms with Crippen LogP contribution in [0.1, 0.15) is 44.1 Å². The van der Waals surface area contributed by atoms with Crippen molar-refractivity contribution in [2.45, 2.75) is 45.4 Å². The lowest BCUT2D eigenvalue weighted by atomic mass is 9.76. The van der Waals surface area contributed by atoms with Gasteiger partial charge in [0.25, 0.3) is 0 Å². The van der Waals surface area contributed by atoms with Gasteiger partial charge in [-0.3, -0.25) is 9.59 Å². The van der Waals surface area contributed by atoms with E-state index in [0.717, 1.165) is 35.7 Å². The third-order valence-corrected chi connectivity index (χ3v) is 5.31. The first-order valence-electron chi connectivity index (χ1n) is 6.99. The quantitative estimate of drug-likeness (QED) is 0.739. The lowest BCUT2D eigenvalue weighted by Crippen LogP contribution is -2.47. The predicted octanol–water partition coefficient (Wildman–Crippen LogP) is 3.37. The van der Waals surface area contributed by atoms with Gasteiger partial charge in [-0.15, -0.1) is 0 Å². The number of amides is 2. The summed E-state index contributed by atoms with van der Waals surface area (Å²) in [4.78, 5) is 30.3. The Hall–Kier alpha value is -1.23. The van der Waals surface area contributed by atoms with E-state index >= 15 is 0 Å².